The van der Waals surface area contributed by atoms with E-state index in [-0.39, 0.29) is 16.5 Å². The summed E-state index contributed by atoms with van der Waals surface area (Å²) in [6.45, 7) is 0. The highest BCUT2D eigenvalue weighted by atomic mass is 32.2. The predicted octanol–water partition coefficient (Wildman–Crippen LogP) is 2.12. The smallest absolute Gasteiger partial charge is 0.262 e. The summed E-state index contributed by atoms with van der Waals surface area (Å²) in [4.78, 5) is 5.12. The van der Waals surface area contributed by atoms with E-state index in [2.05, 4.69) is 10.1 Å². The number of aromatic nitrogens is 2. The van der Waals surface area contributed by atoms with Crippen LogP contribution in [0.3, 0.4) is 0 Å². The number of hydrogen-bond donors (Lipinski definition) is 1. The summed E-state index contributed by atoms with van der Waals surface area (Å²) in [5.41, 5.74) is 0.491. The minimum absolute atomic E-state index is 0.0499. The van der Waals surface area contributed by atoms with Gasteiger partial charge in [0.2, 0.25) is 15.8 Å². The molecule has 0 aliphatic heterocycles. The lowest BCUT2D eigenvalue weighted by Crippen LogP contribution is -2.12. The predicted molar refractivity (Wildman–Crippen MR) is 81.0 cm³/mol. The van der Waals surface area contributed by atoms with Crippen LogP contribution in [0.15, 0.2) is 45.1 Å². The van der Waals surface area contributed by atoms with Crippen molar-refractivity contribution in [2.45, 2.75) is 4.90 Å². The van der Waals surface area contributed by atoms with Crippen LogP contribution >= 0.6 is 11.3 Å². The maximum atomic E-state index is 11.4. The third-order valence-corrected chi connectivity index (χ3v) is 4.68. The highest BCUT2D eigenvalue weighted by Gasteiger charge is 2.18. The molecular formula is C13H11N3O4S2. The van der Waals surface area contributed by atoms with E-state index in [9.17, 15) is 8.42 Å². The first-order chi connectivity index (χ1) is 10.5. The second-order valence-corrected chi connectivity index (χ2v) is 6.82. The van der Waals surface area contributed by atoms with Crippen LogP contribution in [0.25, 0.3) is 22.2 Å². The van der Waals surface area contributed by atoms with E-state index < -0.39 is 10.0 Å². The molecule has 114 valence electrons. The van der Waals surface area contributed by atoms with E-state index >= 15 is 0 Å². The lowest BCUT2D eigenvalue weighted by Gasteiger charge is -2.06. The van der Waals surface area contributed by atoms with Crippen molar-refractivity contribution in [3.05, 3.63) is 35.7 Å². The number of methoxy groups -OCH3 is 1. The van der Waals surface area contributed by atoms with E-state index in [0.29, 0.717) is 11.4 Å². The summed E-state index contributed by atoms with van der Waals surface area (Å²) in [7, 11) is -2.39. The number of nitrogens with zero attached hydrogens (tertiary/aromatic N) is 2. The zero-order valence-corrected chi connectivity index (χ0v) is 13.0. The molecule has 0 saturated carbocycles. The van der Waals surface area contributed by atoms with E-state index in [1.807, 2.05) is 17.5 Å². The van der Waals surface area contributed by atoms with Crippen molar-refractivity contribution in [2.24, 2.45) is 5.14 Å². The van der Waals surface area contributed by atoms with Crippen molar-refractivity contribution in [3.63, 3.8) is 0 Å². The number of ether oxygens (including phenoxy) is 1. The van der Waals surface area contributed by atoms with Crippen molar-refractivity contribution in [2.75, 3.05) is 7.11 Å². The Morgan fingerprint density at radius 1 is 1.32 bits per heavy atom. The summed E-state index contributed by atoms with van der Waals surface area (Å²) < 4.78 is 33.2. The average Bonchev–Trinajstić information content (AvgIpc) is 3.16. The molecule has 3 rings (SSSR count). The molecule has 0 radical (unpaired) electrons. The van der Waals surface area contributed by atoms with Gasteiger partial charge in [0.1, 0.15) is 5.75 Å². The van der Waals surface area contributed by atoms with Crippen molar-refractivity contribution in [3.8, 4) is 27.9 Å². The van der Waals surface area contributed by atoms with Crippen LogP contribution in [0.4, 0.5) is 0 Å². The van der Waals surface area contributed by atoms with Gasteiger partial charge in [-0.1, -0.05) is 11.2 Å². The molecule has 2 N–H and O–H groups in total. The van der Waals surface area contributed by atoms with Crippen LogP contribution in [0.2, 0.25) is 0 Å². The third-order valence-electron chi connectivity index (χ3n) is 2.90. The molecule has 0 bridgehead atoms. The van der Waals surface area contributed by atoms with Gasteiger partial charge >= 0.3 is 0 Å². The Labute approximate surface area is 130 Å². The molecule has 1 aromatic carbocycles. The molecule has 7 nitrogen and oxygen atoms in total. The topological polar surface area (TPSA) is 108 Å². The lowest BCUT2D eigenvalue weighted by molar-refractivity contribution is 0.404. The first-order valence-electron chi connectivity index (χ1n) is 6.08. The molecule has 3 aromatic rings. The van der Waals surface area contributed by atoms with Crippen LogP contribution in [0.1, 0.15) is 0 Å². The van der Waals surface area contributed by atoms with E-state index in [0.717, 1.165) is 4.88 Å². The largest absolute Gasteiger partial charge is 0.496 e. The second kappa shape index (κ2) is 5.52. The van der Waals surface area contributed by atoms with Gasteiger partial charge in [-0.05, 0) is 23.6 Å². The van der Waals surface area contributed by atoms with Gasteiger partial charge in [-0.25, -0.2) is 13.6 Å². The van der Waals surface area contributed by atoms with E-state index in [4.69, 9.17) is 14.4 Å². The normalized spacial score (nSPS) is 11.5. The molecule has 22 heavy (non-hydrogen) atoms. The number of nitrogens with two attached hydrogens (primary N) is 1. The van der Waals surface area contributed by atoms with Crippen LogP contribution in [0.5, 0.6) is 5.75 Å². The number of hydrogen-bond acceptors (Lipinski definition) is 7. The summed E-state index contributed by atoms with van der Waals surface area (Å²) in [6, 6.07) is 7.96. The number of benzene rings is 1. The first kappa shape index (κ1) is 14.7. The minimum Gasteiger partial charge on any atom is -0.496 e. The van der Waals surface area contributed by atoms with Crippen LogP contribution in [0, 0.1) is 0 Å². The van der Waals surface area contributed by atoms with Gasteiger partial charge in [0, 0.05) is 6.07 Å². The Kier molecular flexibility index (Phi) is 3.69. The molecule has 0 aliphatic rings. The molecule has 0 fully saturated rings. The van der Waals surface area contributed by atoms with Crippen molar-refractivity contribution in [1.29, 1.82) is 0 Å². The SMILES string of the molecule is COc1cc(S(N)(=O)=O)ccc1-c1nc(-c2cccs2)no1. The standard InChI is InChI=1S/C13H11N3O4S2/c1-19-10-7-8(22(14,17)18)4-5-9(10)13-15-12(16-20-13)11-3-2-6-21-11/h2-7H,1H3,(H2,14,17,18). The highest BCUT2D eigenvalue weighted by Crippen LogP contribution is 2.32. The van der Waals surface area contributed by atoms with Gasteiger partial charge in [0.15, 0.2) is 0 Å². The molecule has 0 aliphatic carbocycles. The Hall–Kier alpha value is -2.23. The van der Waals surface area contributed by atoms with Crippen LogP contribution < -0.4 is 9.88 Å². The number of thiophene rings is 1. The fourth-order valence-corrected chi connectivity index (χ4v) is 3.04. The first-order valence-corrected chi connectivity index (χ1v) is 8.50. The lowest BCUT2D eigenvalue weighted by atomic mass is 10.2. The maximum Gasteiger partial charge on any atom is 0.262 e. The zero-order chi connectivity index (χ0) is 15.7. The number of sulfonamides is 1. The van der Waals surface area contributed by atoms with Crippen molar-refractivity contribution >= 4 is 21.4 Å². The van der Waals surface area contributed by atoms with E-state index in [1.165, 1.54) is 36.6 Å². The number of rotatable bonds is 4. The zero-order valence-electron chi connectivity index (χ0n) is 11.4. The molecular weight excluding hydrogens is 326 g/mol. The third kappa shape index (κ3) is 2.73. The fraction of sp³-hybridized carbons (Fsp3) is 0.0769. The van der Waals surface area contributed by atoms with Gasteiger partial charge in [-0.2, -0.15) is 4.98 Å². The Morgan fingerprint density at radius 2 is 2.14 bits per heavy atom. The number of primary sulfonamides is 1. The second-order valence-electron chi connectivity index (χ2n) is 4.31. The molecule has 0 unspecified atom stereocenters. The van der Waals surface area contributed by atoms with Crippen LogP contribution in [-0.4, -0.2) is 25.7 Å². The molecule has 0 atom stereocenters. The average molecular weight is 337 g/mol. The van der Waals surface area contributed by atoms with Gasteiger partial charge in [-0.15, -0.1) is 11.3 Å². The maximum absolute atomic E-state index is 11.4. The monoisotopic (exact) mass is 337 g/mol. The highest BCUT2D eigenvalue weighted by molar-refractivity contribution is 7.89. The minimum atomic E-state index is -3.81. The van der Waals surface area contributed by atoms with Crippen molar-refractivity contribution < 1.29 is 17.7 Å². The molecule has 2 heterocycles. The molecule has 0 saturated heterocycles. The molecule has 0 amide bonds. The summed E-state index contributed by atoms with van der Waals surface area (Å²) in [5.74, 6) is 0.983. The quantitative estimate of drug-likeness (QED) is 0.781. The Bertz CT molecular complexity index is 901. The van der Waals surface area contributed by atoms with Gasteiger partial charge in [0.05, 0.1) is 22.4 Å². The molecule has 9 heteroatoms. The summed E-state index contributed by atoms with van der Waals surface area (Å²) in [6.07, 6.45) is 0. The summed E-state index contributed by atoms with van der Waals surface area (Å²) in [5, 5.41) is 10.9. The Balaban J connectivity index is 2.05. The van der Waals surface area contributed by atoms with Gasteiger partial charge in [-0.3, -0.25) is 0 Å². The summed E-state index contributed by atoms with van der Waals surface area (Å²) >= 11 is 1.49. The van der Waals surface area contributed by atoms with Gasteiger partial charge < -0.3 is 9.26 Å². The van der Waals surface area contributed by atoms with E-state index in [1.54, 1.807) is 0 Å². The van der Waals surface area contributed by atoms with Gasteiger partial charge in [0.25, 0.3) is 5.89 Å². The van der Waals surface area contributed by atoms with Crippen LogP contribution in [-0.2, 0) is 10.0 Å². The fourth-order valence-electron chi connectivity index (χ4n) is 1.86. The van der Waals surface area contributed by atoms with Crippen molar-refractivity contribution in [1.82, 2.24) is 10.1 Å². The Morgan fingerprint density at radius 3 is 2.77 bits per heavy atom. The molecule has 2 aromatic heterocycles. The molecule has 0 spiro atoms.